The van der Waals surface area contributed by atoms with Crippen molar-refractivity contribution in [3.05, 3.63) is 53.7 Å². The molecule has 22 heavy (non-hydrogen) atoms. The maximum Gasteiger partial charge on any atom is 0.233 e. The summed E-state index contributed by atoms with van der Waals surface area (Å²) >= 11 is 0. The second kappa shape index (κ2) is 4.56. The molecule has 2 heterocycles. The first-order valence-electron chi connectivity index (χ1n) is 7.09. The molecule has 4 heteroatoms. The Kier molecular flexibility index (Phi) is 2.66. The molecule has 4 rings (SSSR count). The number of aromatic nitrogens is 2. The van der Waals surface area contributed by atoms with Crippen LogP contribution in [0.1, 0.15) is 11.3 Å². The Bertz CT molecular complexity index is 1020. The van der Waals surface area contributed by atoms with Crippen LogP contribution >= 0.6 is 0 Å². The molecule has 4 nitrogen and oxygen atoms in total. The van der Waals surface area contributed by atoms with Crippen LogP contribution in [0.25, 0.3) is 33.5 Å². The summed E-state index contributed by atoms with van der Waals surface area (Å²) in [4.78, 5) is 8.83. The fourth-order valence-corrected chi connectivity index (χ4v) is 2.71. The maximum atomic E-state index is 10.5. The Balaban J connectivity index is 2.08. The number of aryl methyl sites for hydroxylation is 2. The van der Waals surface area contributed by atoms with Crippen molar-refractivity contribution in [1.29, 1.82) is 0 Å². The molecule has 0 radical (unpaired) electrons. The van der Waals surface area contributed by atoms with E-state index in [0.717, 1.165) is 22.0 Å². The SMILES string of the molecule is Cc1ccc2oc(-c3c(O)c(C)cc4ccccc34)nc2n1. The number of aromatic hydroxyl groups is 1. The van der Waals surface area contributed by atoms with E-state index in [-0.39, 0.29) is 5.75 Å². The van der Waals surface area contributed by atoms with Gasteiger partial charge >= 0.3 is 0 Å². The smallest absolute Gasteiger partial charge is 0.233 e. The molecule has 0 bridgehead atoms. The zero-order chi connectivity index (χ0) is 15.3. The van der Waals surface area contributed by atoms with Crippen molar-refractivity contribution in [2.45, 2.75) is 13.8 Å². The highest BCUT2D eigenvalue weighted by Gasteiger charge is 2.18. The zero-order valence-corrected chi connectivity index (χ0v) is 12.3. The van der Waals surface area contributed by atoms with E-state index >= 15 is 0 Å². The van der Waals surface area contributed by atoms with Gasteiger partial charge < -0.3 is 9.52 Å². The third-order valence-corrected chi connectivity index (χ3v) is 3.82. The van der Waals surface area contributed by atoms with E-state index in [2.05, 4.69) is 9.97 Å². The van der Waals surface area contributed by atoms with E-state index in [1.807, 2.05) is 56.3 Å². The Labute approximate surface area is 127 Å². The average Bonchev–Trinajstić information content (AvgIpc) is 2.91. The van der Waals surface area contributed by atoms with E-state index < -0.39 is 0 Å². The number of hydrogen-bond donors (Lipinski definition) is 1. The molecule has 0 amide bonds. The normalized spacial score (nSPS) is 11.4. The Hall–Kier alpha value is -2.88. The summed E-state index contributed by atoms with van der Waals surface area (Å²) in [5.74, 6) is 0.590. The lowest BCUT2D eigenvalue weighted by Gasteiger charge is -2.08. The van der Waals surface area contributed by atoms with E-state index in [1.54, 1.807) is 0 Å². The molecule has 0 atom stereocenters. The van der Waals surface area contributed by atoms with E-state index in [1.165, 1.54) is 0 Å². The molecular formula is C18H14N2O2. The summed E-state index contributed by atoms with van der Waals surface area (Å²) in [7, 11) is 0. The quantitative estimate of drug-likeness (QED) is 0.565. The van der Waals surface area contributed by atoms with Gasteiger partial charge in [-0.2, -0.15) is 4.98 Å². The van der Waals surface area contributed by atoms with Crippen molar-refractivity contribution in [2.75, 3.05) is 0 Å². The highest BCUT2D eigenvalue weighted by Crippen LogP contribution is 2.39. The number of hydrogen-bond acceptors (Lipinski definition) is 4. The lowest BCUT2D eigenvalue weighted by molar-refractivity contribution is 0.471. The van der Waals surface area contributed by atoms with Gasteiger partial charge in [-0.05, 0) is 48.4 Å². The van der Waals surface area contributed by atoms with Gasteiger partial charge in [0.2, 0.25) is 5.89 Å². The van der Waals surface area contributed by atoms with Crippen molar-refractivity contribution in [1.82, 2.24) is 9.97 Å². The van der Waals surface area contributed by atoms with Crippen LogP contribution in [-0.2, 0) is 0 Å². The summed E-state index contributed by atoms with van der Waals surface area (Å²) < 4.78 is 5.82. The van der Waals surface area contributed by atoms with Crippen LogP contribution in [0.2, 0.25) is 0 Å². The number of nitrogens with zero attached hydrogens (tertiary/aromatic N) is 2. The molecule has 0 aliphatic rings. The van der Waals surface area contributed by atoms with Crippen LogP contribution < -0.4 is 0 Å². The highest BCUT2D eigenvalue weighted by atomic mass is 16.4. The average molecular weight is 290 g/mol. The van der Waals surface area contributed by atoms with Gasteiger partial charge in [-0.3, -0.25) is 0 Å². The van der Waals surface area contributed by atoms with Crippen molar-refractivity contribution in [3.63, 3.8) is 0 Å². The van der Waals surface area contributed by atoms with Crippen molar-refractivity contribution < 1.29 is 9.52 Å². The fourth-order valence-electron chi connectivity index (χ4n) is 2.71. The molecule has 0 aliphatic carbocycles. The van der Waals surface area contributed by atoms with Crippen LogP contribution in [0.3, 0.4) is 0 Å². The van der Waals surface area contributed by atoms with Crippen LogP contribution in [0, 0.1) is 13.8 Å². The molecular weight excluding hydrogens is 276 g/mol. The largest absolute Gasteiger partial charge is 0.507 e. The fraction of sp³-hybridized carbons (Fsp3) is 0.111. The number of benzene rings is 2. The first-order chi connectivity index (χ1) is 10.6. The zero-order valence-electron chi connectivity index (χ0n) is 12.3. The summed E-state index contributed by atoms with van der Waals surface area (Å²) in [5, 5.41) is 12.5. The summed E-state index contributed by atoms with van der Waals surface area (Å²) in [6.07, 6.45) is 0. The number of pyridine rings is 1. The van der Waals surface area contributed by atoms with Gasteiger partial charge in [-0.25, -0.2) is 4.98 Å². The van der Waals surface area contributed by atoms with Crippen molar-refractivity contribution >= 4 is 22.0 Å². The number of phenolic OH excluding ortho intramolecular Hbond substituents is 1. The highest BCUT2D eigenvalue weighted by molar-refractivity contribution is 5.99. The van der Waals surface area contributed by atoms with Gasteiger partial charge in [0.15, 0.2) is 11.2 Å². The molecule has 0 aliphatic heterocycles. The van der Waals surface area contributed by atoms with Gasteiger partial charge in [0, 0.05) is 5.69 Å². The lowest BCUT2D eigenvalue weighted by Crippen LogP contribution is -1.87. The molecule has 0 unspecified atom stereocenters. The molecule has 0 spiro atoms. The second-order valence-electron chi connectivity index (χ2n) is 5.43. The van der Waals surface area contributed by atoms with Crippen molar-refractivity contribution in [3.8, 4) is 17.2 Å². The molecule has 1 N–H and O–H groups in total. The minimum absolute atomic E-state index is 0.196. The summed E-state index contributed by atoms with van der Waals surface area (Å²) in [6, 6.07) is 13.6. The van der Waals surface area contributed by atoms with Gasteiger partial charge in [0.25, 0.3) is 0 Å². The molecule has 0 fully saturated rings. The maximum absolute atomic E-state index is 10.5. The molecule has 4 aromatic rings. The monoisotopic (exact) mass is 290 g/mol. The minimum Gasteiger partial charge on any atom is -0.507 e. The number of fused-ring (bicyclic) bond motifs is 2. The summed E-state index contributed by atoms with van der Waals surface area (Å²) in [6.45, 7) is 3.78. The first-order valence-corrected chi connectivity index (χ1v) is 7.09. The van der Waals surface area contributed by atoms with Gasteiger partial charge in [-0.1, -0.05) is 24.3 Å². The van der Waals surface area contributed by atoms with E-state index in [0.29, 0.717) is 22.7 Å². The summed E-state index contributed by atoms with van der Waals surface area (Å²) in [5.41, 5.74) is 3.46. The van der Waals surface area contributed by atoms with Crippen LogP contribution in [-0.4, -0.2) is 15.1 Å². The molecule has 0 saturated heterocycles. The number of rotatable bonds is 1. The van der Waals surface area contributed by atoms with Crippen LogP contribution in [0.4, 0.5) is 0 Å². The molecule has 0 saturated carbocycles. The number of oxazole rings is 1. The second-order valence-corrected chi connectivity index (χ2v) is 5.43. The Morgan fingerprint density at radius 1 is 1.00 bits per heavy atom. The van der Waals surface area contributed by atoms with Crippen molar-refractivity contribution in [2.24, 2.45) is 0 Å². The first kappa shape index (κ1) is 12.8. The predicted molar refractivity (Wildman–Crippen MR) is 85.9 cm³/mol. The number of phenols is 1. The molecule has 2 aromatic heterocycles. The lowest BCUT2D eigenvalue weighted by atomic mass is 10.00. The van der Waals surface area contributed by atoms with Crippen LogP contribution in [0.15, 0.2) is 46.9 Å². The Morgan fingerprint density at radius 2 is 1.82 bits per heavy atom. The van der Waals surface area contributed by atoms with Gasteiger partial charge in [-0.15, -0.1) is 0 Å². The molecule has 2 aromatic carbocycles. The minimum atomic E-state index is 0.196. The topological polar surface area (TPSA) is 59.2 Å². The van der Waals surface area contributed by atoms with Gasteiger partial charge in [0.05, 0.1) is 5.56 Å². The standard InChI is InChI=1S/C18H14N2O2/c1-10-9-12-5-3-4-6-13(12)15(16(10)21)18-20-17-14(22-18)8-7-11(2)19-17/h3-9,21H,1-2H3. The van der Waals surface area contributed by atoms with E-state index in [4.69, 9.17) is 4.42 Å². The van der Waals surface area contributed by atoms with E-state index in [9.17, 15) is 5.11 Å². The third kappa shape index (κ3) is 1.84. The Morgan fingerprint density at radius 3 is 2.68 bits per heavy atom. The van der Waals surface area contributed by atoms with Crippen LogP contribution in [0.5, 0.6) is 5.75 Å². The third-order valence-electron chi connectivity index (χ3n) is 3.82. The van der Waals surface area contributed by atoms with Gasteiger partial charge in [0.1, 0.15) is 5.75 Å². The predicted octanol–water partition coefficient (Wildman–Crippen LogP) is 4.37. The molecule has 108 valence electrons.